The molecule has 1 heteroatoms. The van der Waals surface area contributed by atoms with E-state index in [-0.39, 0.29) is 5.54 Å². The highest BCUT2D eigenvalue weighted by Crippen LogP contribution is 2.44. The van der Waals surface area contributed by atoms with Gasteiger partial charge in [0.05, 0.1) is 0 Å². The molecule has 2 fully saturated rings. The second-order valence-electron chi connectivity index (χ2n) is 7.71. The molecule has 17 heavy (non-hydrogen) atoms. The Morgan fingerprint density at radius 2 is 1.53 bits per heavy atom. The molecule has 0 aromatic carbocycles. The molecule has 0 saturated heterocycles. The highest BCUT2D eigenvalue weighted by Gasteiger charge is 2.39. The Balaban J connectivity index is 1.99. The first kappa shape index (κ1) is 13.4. The van der Waals surface area contributed by atoms with Crippen LogP contribution in [-0.4, -0.2) is 5.54 Å². The van der Waals surface area contributed by atoms with Gasteiger partial charge in [0.25, 0.3) is 0 Å². The van der Waals surface area contributed by atoms with Crippen LogP contribution in [-0.2, 0) is 0 Å². The lowest BCUT2D eigenvalue weighted by Crippen LogP contribution is -2.45. The zero-order valence-corrected chi connectivity index (χ0v) is 12.1. The second-order valence-corrected chi connectivity index (χ2v) is 7.71. The third-order valence-corrected chi connectivity index (χ3v) is 5.55. The molecule has 0 heterocycles. The van der Waals surface area contributed by atoms with Gasteiger partial charge in [-0.2, -0.15) is 0 Å². The van der Waals surface area contributed by atoms with Crippen molar-refractivity contribution in [3.8, 4) is 0 Å². The molecule has 2 saturated carbocycles. The topological polar surface area (TPSA) is 26.0 Å². The van der Waals surface area contributed by atoms with Crippen LogP contribution in [0.5, 0.6) is 0 Å². The predicted molar refractivity (Wildman–Crippen MR) is 74.9 cm³/mol. The summed E-state index contributed by atoms with van der Waals surface area (Å²) in [5, 5.41) is 0. The summed E-state index contributed by atoms with van der Waals surface area (Å²) in [7, 11) is 0. The van der Waals surface area contributed by atoms with Crippen molar-refractivity contribution < 1.29 is 0 Å². The van der Waals surface area contributed by atoms with Crippen molar-refractivity contribution in [3.63, 3.8) is 0 Å². The lowest BCUT2D eigenvalue weighted by atomic mass is 9.74. The first-order valence-corrected chi connectivity index (χ1v) is 7.71. The highest BCUT2D eigenvalue weighted by molar-refractivity contribution is 4.96. The molecule has 2 unspecified atom stereocenters. The number of rotatable bonds is 1. The SMILES string of the molecule is CC(C)(C)C1CCCC(N)(C2CCCC2)CC1. The van der Waals surface area contributed by atoms with Gasteiger partial charge in [-0.1, -0.05) is 40.0 Å². The molecule has 2 atom stereocenters. The van der Waals surface area contributed by atoms with Crippen molar-refractivity contribution in [1.82, 2.24) is 0 Å². The molecule has 2 aliphatic rings. The van der Waals surface area contributed by atoms with Gasteiger partial charge in [0.15, 0.2) is 0 Å². The van der Waals surface area contributed by atoms with Gasteiger partial charge < -0.3 is 5.73 Å². The summed E-state index contributed by atoms with van der Waals surface area (Å²) in [6.45, 7) is 7.20. The average molecular weight is 237 g/mol. The third kappa shape index (κ3) is 3.05. The van der Waals surface area contributed by atoms with E-state index in [0.717, 1.165) is 11.8 Å². The largest absolute Gasteiger partial charge is 0.325 e. The molecule has 0 aliphatic heterocycles. The minimum Gasteiger partial charge on any atom is -0.325 e. The van der Waals surface area contributed by atoms with Gasteiger partial charge >= 0.3 is 0 Å². The smallest absolute Gasteiger partial charge is 0.0183 e. The summed E-state index contributed by atoms with van der Waals surface area (Å²) in [5.41, 5.74) is 7.43. The second kappa shape index (κ2) is 4.91. The van der Waals surface area contributed by atoms with Crippen LogP contribution in [0.15, 0.2) is 0 Å². The van der Waals surface area contributed by atoms with E-state index in [1.165, 1.54) is 57.8 Å². The van der Waals surface area contributed by atoms with Gasteiger partial charge in [-0.05, 0) is 55.8 Å². The molecular weight excluding hydrogens is 206 g/mol. The monoisotopic (exact) mass is 237 g/mol. The Morgan fingerprint density at radius 1 is 0.882 bits per heavy atom. The van der Waals surface area contributed by atoms with Crippen LogP contribution in [0, 0.1) is 17.3 Å². The molecule has 2 N–H and O–H groups in total. The summed E-state index contributed by atoms with van der Waals surface area (Å²) < 4.78 is 0. The standard InChI is InChI=1S/C16H31N/c1-15(2,3)13-9-6-11-16(17,12-10-13)14-7-4-5-8-14/h13-14H,4-12,17H2,1-3H3. The molecule has 100 valence electrons. The van der Waals surface area contributed by atoms with Crippen LogP contribution in [0.1, 0.15) is 78.6 Å². The van der Waals surface area contributed by atoms with Crippen LogP contribution in [0.3, 0.4) is 0 Å². The first-order valence-electron chi connectivity index (χ1n) is 7.71. The molecule has 0 aromatic heterocycles. The fourth-order valence-electron chi connectivity index (χ4n) is 4.16. The van der Waals surface area contributed by atoms with Crippen molar-refractivity contribution in [1.29, 1.82) is 0 Å². The summed E-state index contributed by atoms with van der Waals surface area (Å²) >= 11 is 0. The van der Waals surface area contributed by atoms with Crippen molar-refractivity contribution in [3.05, 3.63) is 0 Å². The maximum atomic E-state index is 6.77. The maximum absolute atomic E-state index is 6.77. The highest BCUT2D eigenvalue weighted by atomic mass is 14.8. The lowest BCUT2D eigenvalue weighted by Gasteiger charge is -2.35. The average Bonchev–Trinajstić information content (AvgIpc) is 2.68. The molecule has 2 aliphatic carbocycles. The summed E-state index contributed by atoms with van der Waals surface area (Å²) in [6.07, 6.45) is 12.3. The van der Waals surface area contributed by atoms with Crippen LogP contribution in [0.25, 0.3) is 0 Å². The molecule has 0 bridgehead atoms. The van der Waals surface area contributed by atoms with E-state index in [0.29, 0.717) is 5.41 Å². The van der Waals surface area contributed by atoms with Crippen LogP contribution >= 0.6 is 0 Å². The van der Waals surface area contributed by atoms with E-state index in [2.05, 4.69) is 20.8 Å². The molecule has 0 amide bonds. The Hall–Kier alpha value is -0.0400. The Morgan fingerprint density at radius 3 is 2.12 bits per heavy atom. The molecule has 0 aromatic rings. The normalized spacial score (nSPS) is 37.1. The minimum atomic E-state index is 0.191. The predicted octanol–water partition coefficient (Wildman–Crippen LogP) is 4.50. The molecular formula is C16H31N. The minimum absolute atomic E-state index is 0.191. The quantitative estimate of drug-likeness (QED) is 0.668. The van der Waals surface area contributed by atoms with E-state index in [9.17, 15) is 0 Å². The van der Waals surface area contributed by atoms with Crippen molar-refractivity contribution in [2.24, 2.45) is 23.0 Å². The van der Waals surface area contributed by atoms with Crippen molar-refractivity contribution in [2.45, 2.75) is 84.1 Å². The molecule has 2 rings (SSSR count). The van der Waals surface area contributed by atoms with Crippen LogP contribution in [0.2, 0.25) is 0 Å². The fourth-order valence-corrected chi connectivity index (χ4v) is 4.16. The Labute approximate surface area is 108 Å². The summed E-state index contributed by atoms with van der Waals surface area (Å²) in [6, 6.07) is 0. The van der Waals surface area contributed by atoms with Crippen LogP contribution < -0.4 is 5.73 Å². The molecule has 1 nitrogen and oxygen atoms in total. The van der Waals surface area contributed by atoms with E-state index >= 15 is 0 Å². The summed E-state index contributed by atoms with van der Waals surface area (Å²) in [4.78, 5) is 0. The van der Waals surface area contributed by atoms with Crippen LogP contribution in [0.4, 0.5) is 0 Å². The van der Waals surface area contributed by atoms with Crippen molar-refractivity contribution in [2.75, 3.05) is 0 Å². The lowest BCUT2D eigenvalue weighted by molar-refractivity contribution is 0.198. The van der Waals surface area contributed by atoms with Gasteiger partial charge in [-0.15, -0.1) is 0 Å². The number of nitrogens with two attached hydrogens (primary N) is 1. The zero-order valence-electron chi connectivity index (χ0n) is 12.1. The number of hydrogen-bond acceptors (Lipinski definition) is 1. The van der Waals surface area contributed by atoms with Gasteiger partial charge in [-0.25, -0.2) is 0 Å². The van der Waals surface area contributed by atoms with E-state index in [1.807, 2.05) is 0 Å². The zero-order chi connectivity index (χ0) is 12.5. The number of hydrogen-bond donors (Lipinski definition) is 1. The van der Waals surface area contributed by atoms with Gasteiger partial charge in [0.2, 0.25) is 0 Å². The molecule has 0 spiro atoms. The van der Waals surface area contributed by atoms with Gasteiger partial charge in [-0.3, -0.25) is 0 Å². The van der Waals surface area contributed by atoms with E-state index < -0.39 is 0 Å². The van der Waals surface area contributed by atoms with Gasteiger partial charge in [0, 0.05) is 5.54 Å². The Kier molecular flexibility index (Phi) is 3.87. The van der Waals surface area contributed by atoms with Crippen molar-refractivity contribution >= 4 is 0 Å². The van der Waals surface area contributed by atoms with Gasteiger partial charge in [0.1, 0.15) is 0 Å². The fraction of sp³-hybridized carbons (Fsp3) is 1.00. The summed E-state index contributed by atoms with van der Waals surface area (Å²) in [5.74, 6) is 1.72. The first-order chi connectivity index (χ1) is 7.92. The van der Waals surface area contributed by atoms with E-state index in [4.69, 9.17) is 5.73 Å². The third-order valence-electron chi connectivity index (χ3n) is 5.55. The Bertz CT molecular complexity index is 247. The van der Waals surface area contributed by atoms with E-state index in [1.54, 1.807) is 0 Å². The maximum Gasteiger partial charge on any atom is 0.0183 e. The molecule has 0 radical (unpaired) electrons.